The fourth-order valence-corrected chi connectivity index (χ4v) is 4.20. The summed E-state index contributed by atoms with van der Waals surface area (Å²) in [6.45, 7) is 0.937. The lowest BCUT2D eigenvalue weighted by Gasteiger charge is -2.35. The van der Waals surface area contributed by atoms with E-state index in [0.717, 1.165) is 12.8 Å². The molecule has 0 spiro atoms. The number of rotatable bonds is 3. The highest BCUT2D eigenvalue weighted by atomic mass is 32.2. The summed E-state index contributed by atoms with van der Waals surface area (Å²) in [7, 11) is 0.239. The monoisotopic (exact) mass is 308 g/mol. The minimum Gasteiger partial charge on any atom is -0.399 e. The Kier molecular flexibility index (Phi) is 4.52. The maximum Gasteiger partial charge on any atom is 0.244 e. The SMILES string of the molecule is CN(C)C1CCCN(S(=O)(=O)c2ccc(N)cc2C#N)C1. The molecule has 1 atom stereocenters. The highest BCUT2D eigenvalue weighted by Gasteiger charge is 2.32. The summed E-state index contributed by atoms with van der Waals surface area (Å²) in [5.41, 5.74) is 6.10. The van der Waals surface area contributed by atoms with Gasteiger partial charge >= 0.3 is 0 Å². The molecule has 0 radical (unpaired) electrons. The molecule has 1 unspecified atom stereocenters. The van der Waals surface area contributed by atoms with Crippen LogP contribution in [0.4, 0.5) is 5.69 Å². The maximum atomic E-state index is 12.8. The van der Waals surface area contributed by atoms with Crippen LogP contribution in [0.15, 0.2) is 23.1 Å². The Morgan fingerprint density at radius 2 is 2.14 bits per heavy atom. The van der Waals surface area contributed by atoms with Gasteiger partial charge in [0.2, 0.25) is 10.0 Å². The van der Waals surface area contributed by atoms with Crippen molar-refractivity contribution in [3.8, 4) is 6.07 Å². The summed E-state index contributed by atoms with van der Waals surface area (Å²) >= 11 is 0. The van der Waals surface area contributed by atoms with Crippen LogP contribution in [0.3, 0.4) is 0 Å². The topological polar surface area (TPSA) is 90.4 Å². The van der Waals surface area contributed by atoms with Crippen LogP contribution >= 0.6 is 0 Å². The zero-order valence-corrected chi connectivity index (χ0v) is 13.1. The number of sulfonamides is 1. The van der Waals surface area contributed by atoms with Gasteiger partial charge < -0.3 is 10.6 Å². The van der Waals surface area contributed by atoms with Crippen LogP contribution in [0.5, 0.6) is 0 Å². The number of nitriles is 1. The molecule has 1 heterocycles. The Balaban J connectivity index is 2.36. The van der Waals surface area contributed by atoms with Gasteiger partial charge in [0.25, 0.3) is 0 Å². The van der Waals surface area contributed by atoms with Crippen LogP contribution in [0.25, 0.3) is 0 Å². The number of anilines is 1. The third kappa shape index (κ3) is 3.18. The molecule has 1 fully saturated rings. The Hall–Kier alpha value is -1.62. The first kappa shape index (κ1) is 15.8. The first-order valence-corrected chi connectivity index (χ1v) is 8.26. The third-order valence-corrected chi connectivity index (χ3v) is 5.75. The van der Waals surface area contributed by atoms with E-state index < -0.39 is 10.0 Å². The molecule has 0 aliphatic carbocycles. The predicted molar refractivity (Wildman–Crippen MR) is 81.0 cm³/mol. The van der Waals surface area contributed by atoms with Gasteiger partial charge in [-0.15, -0.1) is 0 Å². The number of piperidine rings is 1. The third-order valence-electron chi connectivity index (χ3n) is 3.83. The number of likely N-dealkylation sites (N-methyl/N-ethyl adjacent to an activating group) is 1. The van der Waals surface area contributed by atoms with E-state index in [2.05, 4.69) is 0 Å². The first-order valence-electron chi connectivity index (χ1n) is 6.82. The van der Waals surface area contributed by atoms with Gasteiger partial charge in [0.15, 0.2) is 0 Å². The summed E-state index contributed by atoms with van der Waals surface area (Å²) in [6, 6.07) is 6.46. The molecule has 1 aromatic rings. The lowest BCUT2D eigenvalue weighted by molar-refractivity contribution is 0.190. The molecule has 114 valence electrons. The van der Waals surface area contributed by atoms with Gasteiger partial charge in [-0.2, -0.15) is 9.57 Å². The van der Waals surface area contributed by atoms with Crippen LogP contribution in [-0.4, -0.2) is 50.8 Å². The van der Waals surface area contributed by atoms with Crippen LogP contribution in [-0.2, 0) is 10.0 Å². The summed E-state index contributed by atoms with van der Waals surface area (Å²) in [5, 5.41) is 9.15. The number of benzene rings is 1. The van der Waals surface area contributed by atoms with E-state index in [9.17, 15) is 8.42 Å². The van der Waals surface area contributed by atoms with E-state index in [1.165, 1.54) is 22.5 Å². The van der Waals surface area contributed by atoms with Crippen molar-refractivity contribution in [2.24, 2.45) is 0 Å². The van der Waals surface area contributed by atoms with E-state index in [0.29, 0.717) is 18.8 Å². The number of nitrogens with zero attached hydrogens (tertiary/aromatic N) is 3. The quantitative estimate of drug-likeness (QED) is 0.836. The van der Waals surface area contributed by atoms with Crippen LogP contribution in [0.2, 0.25) is 0 Å². The summed E-state index contributed by atoms with van der Waals surface area (Å²) in [6.07, 6.45) is 1.80. The van der Waals surface area contributed by atoms with Crippen molar-refractivity contribution in [2.45, 2.75) is 23.8 Å². The second-order valence-corrected chi connectivity index (χ2v) is 7.40. The molecule has 0 bridgehead atoms. The Morgan fingerprint density at radius 1 is 1.43 bits per heavy atom. The predicted octanol–water partition coefficient (Wildman–Crippen LogP) is 0.855. The highest BCUT2D eigenvalue weighted by molar-refractivity contribution is 7.89. The Morgan fingerprint density at radius 3 is 2.76 bits per heavy atom. The fourth-order valence-electron chi connectivity index (χ4n) is 2.56. The first-order chi connectivity index (χ1) is 9.86. The van der Waals surface area contributed by atoms with E-state index >= 15 is 0 Å². The lowest BCUT2D eigenvalue weighted by atomic mass is 10.1. The average Bonchev–Trinajstić information content (AvgIpc) is 2.46. The van der Waals surface area contributed by atoms with E-state index in [1.54, 1.807) is 0 Å². The molecule has 1 saturated heterocycles. The molecule has 1 aromatic carbocycles. The highest BCUT2D eigenvalue weighted by Crippen LogP contribution is 2.25. The molecule has 1 aliphatic rings. The van der Waals surface area contributed by atoms with Gasteiger partial charge in [-0.25, -0.2) is 8.42 Å². The van der Waals surface area contributed by atoms with Gasteiger partial charge in [0, 0.05) is 24.8 Å². The van der Waals surface area contributed by atoms with Gasteiger partial charge in [0.1, 0.15) is 11.0 Å². The summed E-state index contributed by atoms with van der Waals surface area (Å²) in [4.78, 5) is 2.08. The van der Waals surface area contributed by atoms with Crippen molar-refractivity contribution in [1.82, 2.24) is 9.21 Å². The molecular formula is C14H20N4O2S. The van der Waals surface area contributed by atoms with Crippen molar-refractivity contribution in [2.75, 3.05) is 32.9 Å². The Labute approximate surface area is 125 Å². The molecule has 21 heavy (non-hydrogen) atoms. The molecule has 0 aromatic heterocycles. The smallest absolute Gasteiger partial charge is 0.244 e. The van der Waals surface area contributed by atoms with Gasteiger partial charge in [-0.1, -0.05) is 0 Å². The van der Waals surface area contributed by atoms with E-state index in [4.69, 9.17) is 11.0 Å². The largest absolute Gasteiger partial charge is 0.399 e. The molecule has 0 saturated carbocycles. The van der Waals surface area contributed by atoms with Gasteiger partial charge in [-0.05, 0) is 45.1 Å². The molecule has 2 rings (SSSR count). The zero-order chi connectivity index (χ0) is 15.6. The van der Waals surface area contributed by atoms with E-state index in [-0.39, 0.29) is 16.5 Å². The molecule has 6 nitrogen and oxygen atoms in total. The molecular weight excluding hydrogens is 288 g/mol. The fraction of sp³-hybridized carbons (Fsp3) is 0.500. The normalized spacial score (nSPS) is 20.4. The van der Waals surface area contributed by atoms with E-state index in [1.807, 2.05) is 25.1 Å². The van der Waals surface area contributed by atoms with Crippen LogP contribution in [0, 0.1) is 11.3 Å². The summed E-state index contributed by atoms with van der Waals surface area (Å²) in [5.74, 6) is 0. The number of nitrogen functional groups attached to an aromatic ring is 1. The number of hydrogen-bond donors (Lipinski definition) is 1. The van der Waals surface area contributed by atoms with Crippen molar-refractivity contribution >= 4 is 15.7 Å². The van der Waals surface area contributed by atoms with Gasteiger partial charge in [-0.3, -0.25) is 0 Å². The van der Waals surface area contributed by atoms with Crippen molar-refractivity contribution in [3.63, 3.8) is 0 Å². The number of hydrogen-bond acceptors (Lipinski definition) is 5. The van der Waals surface area contributed by atoms with Crippen molar-refractivity contribution in [1.29, 1.82) is 5.26 Å². The standard InChI is InChI=1S/C14H20N4O2S/c1-17(2)13-4-3-7-18(10-13)21(19,20)14-6-5-12(16)8-11(14)9-15/h5-6,8,13H,3-4,7,10,16H2,1-2H3. The molecule has 2 N–H and O–H groups in total. The average molecular weight is 308 g/mol. The minimum atomic E-state index is -3.66. The second-order valence-electron chi connectivity index (χ2n) is 5.49. The van der Waals surface area contributed by atoms with Crippen molar-refractivity contribution in [3.05, 3.63) is 23.8 Å². The number of nitrogens with two attached hydrogens (primary N) is 1. The van der Waals surface area contributed by atoms with Crippen molar-refractivity contribution < 1.29 is 8.42 Å². The molecule has 0 amide bonds. The van der Waals surface area contributed by atoms with Crippen LogP contribution < -0.4 is 5.73 Å². The minimum absolute atomic E-state index is 0.0404. The second kappa shape index (κ2) is 6.02. The lowest BCUT2D eigenvalue weighted by Crippen LogP contribution is -2.47. The Bertz CT molecular complexity index is 664. The summed E-state index contributed by atoms with van der Waals surface area (Å²) < 4.78 is 27.0. The van der Waals surface area contributed by atoms with Gasteiger partial charge in [0.05, 0.1) is 5.56 Å². The van der Waals surface area contributed by atoms with Crippen LogP contribution in [0.1, 0.15) is 18.4 Å². The zero-order valence-electron chi connectivity index (χ0n) is 12.3. The maximum absolute atomic E-state index is 12.8. The molecule has 7 heteroatoms. The molecule has 1 aliphatic heterocycles.